The number of hydrogen-bond donors (Lipinski definition) is 1. The molecule has 1 atom stereocenters. The Hall–Kier alpha value is -2.35. The number of amides is 1. The number of nitrogens with one attached hydrogen (secondary N) is 1. The Labute approximate surface area is 136 Å². The van der Waals surface area contributed by atoms with Gasteiger partial charge in [-0.3, -0.25) is 9.59 Å². The van der Waals surface area contributed by atoms with Crippen LogP contribution in [0.2, 0.25) is 0 Å². The molecule has 1 aliphatic rings. The van der Waals surface area contributed by atoms with Gasteiger partial charge in [0, 0.05) is 12.1 Å². The maximum atomic E-state index is 12.0. The van der Waals surface area contributed by atoms with Gasteiger partial charge in [-0.05, 0) is 43.5 Å². The summed E-state index contributed by atoms with van der Waals surface area (Å²) in [6.07, 6.45) is 5.29. The number of esters is 1. The van der Waals surface area contributed by atoms with Crippen LogP contribution in [0, 0.1) is 17.2 Å². The monoisotopic (exact) mass is 314 g/mol. The number of nitriles is 1. The van der Waals surface area contributed by atoms with E-state index in [0.717, 1.165) is 6.42 Å². The fraction of sp³-hybridized carbons (Fsp3) is 0.500. The van der Waals surface area contributed by atoms with Crippen LogP contribution < -0.4 is 5.32 Å². The standard InChI is InChI=1S/C18H22N2O3/c1-13(23-17(21)11-8-14-4-2-3-5-14)18(22)20-16-9-6-15(12-19)7-10-16/h6-7,9-10,13-14H,2-5,8,11H2,1H3,(H,20,22). The molecular weight excluding hydrogens is 292 g/mol. The van der Waals surface area contributed by atoms with E-state index in [4.69, 9.17) is 10.00 Å². The third-order valence-electron chi connectivity index (χ3n) is 4.19. The van der Waals surface area contributed by atoms with E-state index in [1.807, 2.05) is 6.07 Å². The van der Waals surface area contributed by atoms with Gasteiger partial charge in [0.2, 0.25) is 0 Å². The number of benzene rings is 1. The number of carbonyl (C=O) groups is 2. The molecule has 0 saturated heterocycles. The van der Waals surface area contributed by atoms with Crippen molar-refractivity contribution in [1.29, 1.82) is 5.26 Å². The lowest BCUT2D eigenvalue weighted by molar-refractivity contribution is -0.153. The molecule has 0 bridgehead atoms. The molecule has 0 aromatic heterocycles. The van der Waals surface area contributed by atoms with Crippen LogP contribution in [-0.4, -0.2) is 18.0 Å². The van der Waals surface area contributed by atoms with Crippen LogP contribution in [-0.2, 0) is 14.3 Å². The zero-order valence-electron chi connectivity index (χ0n) is 13.4. The predicted molar refractivity (Wildman–Crippen MR) is 86.5 cm³/mol. The maximum absolute atomic E-state index is 12.0. The van der Waals surface area contributed by atoms with E-state index in [1.54, 1.807) is 31.2 Å². The zero-order valence-corrected chi connectivity index (χ0v) is 13.4. The third-order valence-corrected chi connectivity index (χ3v) is 4.19. The van der Waals surface area contributed by atoms with Gasteiger partial charge in [0.1, 0.15) is 0 Å². The van der Waals surface area contributed by atoms with Gasteiger partial charge < -0.3 is 10.1 Å². The highest BCUT2D eigenvalue weighted by Crippen LogP contribution is 2.28. The van der Waals surface area contributed by atoms with Crippen LogP contribution in [0.25, 0.3) is 0 Å². The highest BCUT2D eigenvalue weighted by Gasteiger charge is 2.20. The molecule has 1 aliphatic carbocycles. The Kier molecular flexibility index (Phi) is 6.16. The average Bonchev–Trinajstić information content (AvgIpc) is 3.07. The molecule has 0 radical (unpaired) electrons. The first-order chi connectivity index (χ1) is 11.1. The van der Waals surface area contributed by atoms with Crippen LogP contribution in [0.4, 0.5) is 5.69 Å². The van der Waals surface area contributed by atoms with Gasteiger partial charge >= 0.3 is 5.97 Å². The molecule has 5 heteroatoms. The molecule has 23 heavy (non-hydrogen) atoms. The van der Waals surface area contributed by atoms with Crippen LogP contribution in [0.15, 0.2) is 24.3 Å². The Morgan fingerprint density at radius 3 is 2.57 bits per heavy atom. The Morgan fingerprint density at radius 1 is 1.30 bits per heavy atom. The Bertz CT molecular complexity index is 583. The second kappa shape index (κ2) is 8.33. The summed E-state index contributed by atoms with van der Waals surface area (Å²) in [4.78, 5) is 23.8. The minimum atomic E-state index is -0.832. The third kappa shape index (κ3) is 5.41. The van der Waals surface area contributed by atoms with Crippen molar-refractivity contribution in [1.82, 2.24) is 0 Å². The van der Waals surface area contributed by atoms with Gasteiger partial charge in [0.15, 0.2) is 6.10 Å². The van der Waals surface area contributed by atoms with E-state index in [2.05, 4.69) is 5.32 Å². The highest BCUT2D eigenvalue weighted by molar-refractivity contribution is 5.95. The number of anilines is 1. The second-order valence-electron chi connectivity index (χ2n) is 6.00. The predicted octanol–water partition coefficient (Wildman–Crippen LogP) is 3.40. The largest absolute Gasteiger partial charge is 0.453 e. The SMILES string of the molecule is CC(OC(=O)CCC1CCCC1)C(=O)Nc1ccc(C#N)cc1. The molecule has 5 nitrogen and oxygen atoms in total. The molecule has 0 heterocycles. The first kappa shape index (κ1) is 17.0. The van der Waals surface area contributed by atoms with Crippen LogP contribution in [0.5, 0.6) is 0 Å². The van der Waals surface area contributed by atoms with Crippen LogP contribution in [0.1, 0.15) is 51.0 Å². The van der Waals surface area contributed by atoms with Gasteiger partial charge in [-0.2, -0.15) is 5.26 Å². The normalized spacial score (nSPS) is 15.7. The van der Waals surface area contributed by atoms with E-state index >= 15 is 0 Å². The molecule has 122 valence electrons. The lowest BCUT2D eigenvalue weighted by atomic mass is 10.0. The van der Waals surface area contributed by atoms with E-state index in [0.29, 0.717) is 23.6 Å². The Morgan fingerprint density at radius 2 is 1.96 bits per heavy atom. The molecule has 1 amide bonds. The zero-order chi connectivity index (χ0) is 16.7. The van der Waals surface area contributed by atoms with Gasteiger partial charge in [0.25, 0.3) is 5.91 Å². The van der Waals surface area contributed by atoms with E-state index in [1.165, 1.54) is 25.7 Å². The fourth-order valence-corrected chi connectivity index (χ4v) is 2.80. The van der Waals surface area contributed by atoms with Crippen molar-refractivity contribution in [3.8, 4) is 6.07 Å². The van der Waals surface area contributed by atoms with Gasteiger partial charge in [0.05, 0.1) is 11.6 Å². The molecule has 1 N–H and O–H groups in total. The van der Waals surface area contributed by atoms with Crippen molar-refractivity contribution in [2.75, 3.05) is 5.32 Å². The van der Waals surface area contributed by atoms with Gasteiger partial charge in [-0.1, -0.05) is 25.7 Å². The molecule has 2 rings (SSSR count). The number of ether oxygens (including phenoxy) is 1. The molecule has 1 saturated carbocycles. The van der Waals surface area contributed by atoms with Crippen molar-refractivity contribution in [3.05, 3.63) is 29.8 Å². The van der Waals surface area contributed by atoms with Crippen molar-refractivity contribution in [2.24, 2.45) is 5.92 Å². The minimum absolute atomic E-state index is 0.320. The summed E-state index contributed by atoms with van der Waals surface area (Å²) in [7, 11) is 0. The van der Waals surface area contributed by atoms with E-state index < -0.39 is 6.10 Å². The van der Waals surface area contributed by atoms with E-state index in [-0.39, 0.29) is 11.9 Å². The summed E-state index contributed by atoms with van der Waals surface area (Å²) in [6.45, 7) is 1.56. The summed E-state index contributed by atoms with van der Waals surface area (Å²) in [5.41, 5.74) is 1.09. The minimum Gasteiger partial charge on any atom is -0.453 e. The molecule has 1 unspecified atom stereocenters. The summed E-state index contributed by atoms with van der Waals surface area (Å²) in [5.74, 6) is -0.0615. The lowest BCUT2D eigenvalue weighted by Crippen LogP contribution is -2.30. The number of carbonyl (C=O) groups excluding carboxylic acids is 2. The molecule has 0 aliphatic heterocycles. The van der Waals surface area contributed by atoms with Crippen molar-refractivity contribution < 1.29 is 14.3 Å². The average molecular weight is 314 g/mol. The van der Waals surface area contributed by atoms with Crippen molar-refractivity contribution in [2.45, 2.75) is 51.6 Å². The fourth-order valence-electron chi connectivity index (χ4n) is 2.80. The van der Waals surface area contributed by atoms with Gasteiger partial charge in [-0.15, -0.1) is 0 Å². The number of rotatable bonds is 6. The summed E-state index contributed by atoms with van der Waals surface area (Å²) in [6, 6.07) is 8.54. The topological polar surface area (TPSA) is 79.2 Å². The molecule has 1 aromatic carbocycles. The molecule has 1 fully saturated rings. The first-order valence-electron chi connectivity index (χ1n) is 8.09. The van der Waals surface area contributed by atoms with Crippen molar-refractivity contribution >= 4 is 17.6 Å². The highest BCUT2D eigenvalue weighted by atomic mass is 16.5. The second-order valence-corrected chi connectivity index (χ2v) is 6.00. The number of nitrogens with zero attached hydrogens (tertiary/aromatic N) is 1. The number of hydrogen-bond acceptors (Lipinski definition) is 4. The van der Waals surface area contributed by atoms with Gasteiger partial charge in [-0.25, -0.2) is 0 Å². The van der Waals surface area contributed by atoms with E-state index in [9.17, 15) is 9.59 Å². The summed E-state index contributed by atoms with van der Waals surface area (Å²) >= 11 is 0. The Balaban J connectivity index is 1.74. The lowest BCUT2D eigenvalue weighted by Gasteiger charge is -2.14. The van der Waals surface area contributed by atoms with Crippen molar-refractivity contribution in [3.63, 3.8) is 0 Å². The maximum Gasteiger partial charge on any atom is 0.306 e. The molecular formula is C18H22N2O3. The molecule has 1 aromatic rings. The smallest absolute Gasteiger partial charge is 0.306 e. The quantitative estimate of drug-likeness (QED) is 0.816. The van der Waals surface area contributed by atoms with Crippen LogP contribution in [0.3, 0.4) is 0 Å². The summed E-state index contributed by atoms with van der Waals surface area (Å²) in [5, 5.41) is 11.4. The first-order valence-corrected chi connectivity index (χ1v) is 8.09. The van der Waals surface area contributed by atoms with Crippen LogP contribution >= 0.6 is 0 Å². The molecule has 0 spiro atoms. The summed E-state index contributed by atoms with van der Waals surface area (Å²) < 4.78 is 5.19.